The van der Waals surface area contributed by atoms with E-state index in [-0.39, 0.29) is 18.8 Å². The summed E-state index contributed by atoms with van der Waals surface area (Å²) in [6, 6.07) is 0. The van der Waals surface area contributed by atoms with Crippen LogP contribution < -0.4 is 0 Å². The summed E-state index contributed by atoms with van der Waals surface area (Å²) >= 11 is 0. The number of aliphatic hydroxyl groups is 2. The van der Waals surface area contributed by atoms with Crippen LogP contribution >= 0.6 is 0 Å². The van der Waals surface area contributed by atoms with Gasteiger partial charge in [-0.1, -0.05) is 52.8 Å². The molecule has 6 rings (SSSR count). The van der Waals surface area contributed by atoms with E-state index < -0.39 is 80.7 Å². The van der Waals surface area contributed by atoms with Gasteiger partial charge in [-0.25, -0.2) is 0 Å². The van der Waals surface area contributed by atoms with Gasteiger partial charge in [0.05, 0.1) is 25.7 Å². The molecule has 12 unspecified atom stereocenters. The Bertz CT molecular complexity index is 1310. The number of esters is 2. The molecule has 0 aromatic heterocycles. The SMILES string of the molecule is C/C=C\C(=C/C)C(O)C(C)(C)C1CC(=O)OC2C3(O)C(OC)C4(C)CC35OC3(C)OC12C(CC)(O3)C5(C)C4CC(=O)OC. The minimum atomic E-state index is -1.86. The largest absolute Gasteiger partial charge is 0.469 e. The van der Waals surface area contributed by atoms with Crippen LogP contribution in [0.25, 0.3) is 0 Å². The zero-order valence-electron chi connectivity index (χ0n) is 27.1. The van der Waals surface area contributed by atoms with Crippen molar-refractivity contribution >= 4 is 11.9 Å². The van der Waals surface area contributed by atoms with Crippen LogP contribution in [0.4, 0.5) is 0 Å². The fraction of sp³-hybridized carbons (Fsp3) is 0.818. The quantitative estimate of drug-likeness (QED) is 0.313. The number of ether oxygens (including phenoxy) is 6. The summed E-state index contributed by atoms with van der Waals surface area (Å²) in [4.78, 5) is 26.8. The maximum absolute atomic E-state index is 13.7. The Morgan fingerprint density at radius 1 is 1.16 bits per heavy atom. The molecular formula is C33H48O10. The Kier molecular flexibility index (Phi) is 6.46. The van der Waals surface area contributed by atoms with Crippen molar-refractivity contribution in [2.24, 2.45) is 28.1 Å². The molecule has 240 valence electrons. The lowest BCUT2D eigenvalue weighted by Crippen LogP contribution is -2.93. The van der Waals surface area contributed by atoms with Crippen molar-refractivity contribution in [2.75, 3.05) is 14.2 Å². The molecule has 3 aliphatic carbocycles. The van der Waals surface area contributed by atoms with Gasteiger partial charge < -0.3 is 38.6 Å². The number of carbonyl (C=O) groups is 2. The highest BCUT2D eigenvalue weighted by Crippen LogP contribution is 2.88. The molecule has 12 atom stereocenters. The number of carbonyl (C=O) groups excluding carboxylic acids is 2. The van der Waals surface area contributed by atoms with Gasteiger partial charge in [0.25, 0.3) is 5.97 Å². The van der Waals surface area contributed by atoms with E-state index in [0.29, 0.717) is 18.4 Å². The second-order valence-corrected chi connectivity index (χ2v) is 14.8. The molecule has 0 amide bonds. The second kappa shape index (κ2) is 8.91. The minimum Gasteiger partial charge on any atom is -0.469 e. The lowest BCUT2D eigenvalue weighted by Gasteiger charge is -2.75. The van der Waals surface area contributed by atoms with Crippen molar-refractivity contribution in [3.05, 3.63) is 23.8 Å². The molecule has 6 aliphatic rings. The van der Waals surface area contributed by atoms with E-state index in [0.717, 1.165) is 0 Å². The van der Waals surface area contributed by atoms with Crippen LogP contribution in [0.1, 0.15) is 81.1 Å². The molecule has 3 saturated carbocycles. The van der Waals surface area contributed by atoms with E-state index in [4.69, 9.17) is 28.4 Å². The predicted molar refractivity (Wildman–Crippen MR) is 153 cm³/mol. The Hall–Kier alpha value is -1.82. The first kappa shape index (κ1) is 31.2. The lowest BCUT2D eigenvalue weighted by atomic mass is 9.36. The molecule has 0 aromatic carbocycles. The summed E-state index contributed by atoms with van der Waals surface area (Å²) in [5.41, 5.74) is -7.99. The highest BCUT2D eigenvalue weighted by molar-refractivity contribution is 5.74. The van der Waals surface area contributed by atoms with Crippen molar-refractivity contribution in [3.63, 3.8) is 0 Å². The summed E-state index contributed by atoms with van der Waals surface area (Å²) in [6.45, 7) is 15.4. The molecule has 10 heteroatoms. The number of allylic oxidation sites excluding steroid dienone is 2. The zero-order valence-corrected chi connectivity index (χ0v) is 27.1. The predicted octanol–water partition coefficient (Wildman–Crippen LogP) is 3.57. The molecule has 6 fully saturated rings. The minimum absolute atomic E-state index is 0.0492. The first-order chi connectivity index (χ1) is 20.0. The van der Waals surface area contributed by atoms with Gasteiger partial charge in [-0.05, 0) is 38.2 Å². The van der Waals surface area contributed by atoms with Crippen molar-refractivity contribution in [1.82, 2.24) is 0 Å². The van der Waals surface area contributed by atoms with Crippen LogP contribution in [0.5, 0.6) is 0 Å². The summed E-state index contributed by atoms with van der Waals surface area (Å²) in [7, 11) is 2.90. The zero-order chi connectivity index (χ0) is 31.8. The normalized spacial score (nSPS) is 52.0. The summed E-state index contributed by atoms with van der Waals surface area (Å²) in [5.74, 6) is -3.60. The molecule has 10 nitrogen and oxygen atoms in total. The second-order valence-electron chi connectivity index (χ2n) is 14.8. The smallest absolute Gasteiger partial charge is 0.306 e. The Labute approximate surface area is 254 Å². The average Bonchev–Trinajstić information content (AvgIpc) is 3.37. The van der Waals surface area contributed by atoms with E-state index in [1.165, 1.54) is 14.2 Å². The van der Waals surface area contributed by atoms with Crippen LogP contribution in [0.3, 0.4) is 0 Å². The highest BCUT2D eigenvalue weighted by Gasteiger charge is 3.03. The first-order valence-corrected chi connectivity index (χ1v) is 15.6. The van der Waals surface area contributed by atoms with E-state index in [9.17, 15) is 19.8 Å². The molecule has 3 heterocycles. The molecule has 2 spiro atoms. The van der Waals surface area contributed by atoms with Crippen LogP contribution in [0.2, 0.25) is 0 Å². The average molecular weight is 605 g/mol. The molecule has 2 N–H and O–H groups in total. The number of aliphatic hydroxyl groups excluding tert-OH is 1. The fourth-order valence-electron chi connectivity index (χ4n) is 11.8. The van der Waals surface area contributed by atoms with Crippen LogP contribution in [0, 0.1) is 28.1 Å². The monoisotopic (exact) mass is 604 g/mol. The molecule has 4 bridgehead atoms. The maximum atomic E-state index is 13.7. The van der Waals surface area contributed by atoms with Gasteiger partial charge in [-0.15, -0.1) is 0 Å². The maximum Gasteiger partial charge on any atom is 0.306 e. The number of fused-ring (bicyclic) bond motifs is 3. The summed E-state index contributed by atoms with van der Waals surface area (Å²) < 4.78 is 38.7. The van der Waals surface area contributed by atoms with Gasteiger partial charge in [0.2, 0.25) is 0 Å². The Balaban J connectivity index is 1.69. The van der Waals surface area contributed by atoms with Gasteiger partial charge in [-0.3, -0.25) is 9.59 Å². The van der Waals surface area contributed by atoms with Gasteiger partial charge in [0.15, 0.2) is 11.7 Å². The van der Waals surface area contributed by atoms with Gasteiger partial charge in [0, 0.05) is 42.6 Å². The number of hydrogen-bond donors (Lipinski definition) is 2. The molecule has 43 heavy (non-hydrogen) atoms. The third-order valence-electron chi connectivity index (χ3n) is 13.0. The molecule has 3 aliphatic heterocycles. The molecule has 0 aromatic rings. The Morgan fingerprint density at radius 2 is 1.84 bits per heavy atom. The molecule has 0 radical (unpaired) electrons. The highest BCUT2D eigenvalue weighted by atomic mass is 16.9. The first-order valence-electron chi connectivity index (χ1n) is 15.6. The van der Waals surface area contributed by atoms with Gasteiger partial charge >= 0.3 is 11.9 Å². The summed E-state index contributed by atoms with van der Waals surface area (Å²) in [6.07, 6.45) is 3.18. The topological polar surface area (TPSA) is 130 Å². The van der Waals surface area contributed by atoms with Crippen molar-refractivity contribution in [2.45, 2.75) is 128 Å². The molecular weight excluding hydrogens is 556 g/mol. The molecule has 3 saturated heterocycles. The Morgan fingerprint density at radius 3 is 2.40 bits per heavy atom. The fourth-order valence-corrected chi connectivity index (χ4v) is 11.8. The van der Waals surface area contributed by atoms with Crippen LogP contribution in [0.15, 0.2) is 23.8 Å². The third-order valence-corrected chi connectivity index (χ3v) is 13.0. The van der Waals surface area contributed by atoms with E-state index in [1.54, 1.807) is 6.92 Å². The third kappa shape index (κ3) is 2.98. The van der Waals surface area contributed by atoms with Crippen LogP contribution in [-0.4, -0.2) is 83.1 Å². The van der Waals surface area contributed by atoms with Crippen molar-refractivity contribution in [3.8, 4) is 0 Å². The van der Waals surface area contributed by atoms with E-state index in [2.05, 4.69) is 0 Å². The number of hydrogen-bond acceptors (Lipinski definition) is 10. The lowest BCUT2D eigenvalue weighted by molar-refractivity contribution is -0.476. The number of methoxy groups -OCH3 is 2. The standard InChI is InChI=1S/C33H48O10/c1-11-14-18(12-2)23(36)26(4,5)19-15-22(35)40-25-32(37)24(39-10)27(6)17-31(32)28(7,20(27)16-21(34)38-9)30(13-3)33(19,25)43-29(8,41-30)42-31/h11-12,14,19-20,23-25,36-37H,13,15-17H2,1-10H3/b14-11-,18-12+. The van der Waals surface area contributed by atoms with Crippen LogP contribution in [-0.2, 0) is 38.0 Å². The van der Waals surface area contributed by atoms with Gasteiger partial charge in [0.1, 0.15) is 16.8 Å². The number of rotatable bonds is 8. The van der Waals surface area contributed by atoms with Crippen molar-refractivity contribution < 1.29 is 48.2 Å². The van der Waals surface area contributed by atoms with Crippen molar-refractivity contribution in [1.29, 1.82) is 0 Å². The van der Waals surface area contributed by atoms with E-state index >= 15 is 0 Å². The van der Waals surface area contributed by atoms with E-state index in [1.807, 2.05) is 66.7 Å². The van der Waals surface area contributed by atoms with Gasteiger partial charge in [-0.2, -0.15) is 0 Å². The summed E-state index contributed by atoms with van der Waals surface area (Å²) in [5, 5.41) is 25.3.